The number of rotatable bonds is 6. The lowest BCUT2D eigenvalue weighted by molar-refractivity contribution is 0.328. The van der Waals surface area contributed by atoms with E-state index in [1.54, 1.807) is 18.3 Å². The van der Waals surface area contributed by atoms with Crippen molar-refractivity contribution >= 4 is 5.96 Å². The highest BCUT2D eigenvalue weighted by molar-refractivity contribution is 5.83. The van der Waals surface area contributed by atoms with Crippen LogP contribution in [0.2, 0.25) is 0 Å². The van der Waals surface area contributed by atoms with E-state index in [-0.39, 0.29) is 5.82 Å². The summed E-state index contributed by atoms with van der Waals surface area (Å²) in [5.41, 5.74) is 6.35. The summed E-state index contributed by atoms with van der Waals surface area (Å²) in [6, 6.07) is 16.0. The largest absolute Gasteiger partial charge is 0.492 e. The highest BCUT2D eigenvalue weighted by atomic mass is 19.1. The molecule has 0 aromatic heterocycles. The highest BCUT2D eigenvalue weighted by Crippen LogP contribution is 2.13. The molecule has 0 spiro atoms. The highest BCUT2D eigenvalue weighted by Gasteiger charge is 2.26. The Morgan fingerprint density at radius 2 is 1.96 bits per heavy atom. The maximum Gasteiger partial charge on any atom is 0.197 e. The van der Waals surface area contributed by atoms with Crippen molar-refractivity contribution in [2.75, 3.05) is 13.2 Å². The Morgan fingerprint density at radius 1 is 1.12 bits per heavy atom. The van der Waals surface area contributed by atoms with Crippen molar-refractivity contribution < 1.29 is 9.13 Å². The lowest BCUT2D eigenvalue weighted by Gasteiger charge is -2.32. The molecule has 1 aliphatic rings. The number of nitrogens with two attached hydrogens (primary N) is 1. The summed E-state index contributed by atoms with van der Waals surface area (Å²) in [5.74, 6) is 1.11. The van der Waals surface area contributed by atoms with Gasteiger partial charge in [-0.3, -0.25) is 0 Å². The molecule has 1 unspecified atom stereocenters. The van der Waals surface area contributed by atoms with E-state index >= 15 is 0 Å². The molecule has 1 aliphatic heterocycles. The van der Waals surface area contributed by atoms with Crippen LogP contribution in [0.3, 0.4) is 0 Å². The molecule has 0 saturated carbocycles. The van der Waals surface area contributed by atoms with Crippen LogP contribution in [0, 0.1) is 5.82 Å². The van der Waals surface area contributed by atoms with E-state index in [2.05, 4.69) is 15.6 Å². The zero-order chi connectivity index (χ0) is 17.5. The van der Waals surface area contributed by atoms with Crippen molar-refractivity contribution in [3.05, 3.63) is 78.3 Å². The number of para-hydroxylation sites is 1. The minimum Gasteiger partial charge on any atom is -0.492 e. The van der Waals surface area contributed by atoms with E-state index in [0.717, 1.165) is 11.3 Å². The first-order valence-corrected chi connectivity index (χ1v) is 8.11. The molecule has 0 radical (unpaired) electrons. The van der Waals surface area contributed by atoms with Crippen LogP contribution < -0.4 is 21.1 Å². The predicted molar refractivity (Wildman–Crippen MR) is 96.7 cm³/mol. The van der Waals surface area contributed by atoms with Crippen LogP contribution in [-0.4, -0.2) is 24.8 Å². The van der Waals surface area contributed by atoms with E-state index in [1.165, 1.54) is 12.1 Å². The van der Waals surface area contributed by atoms with Crippen LogP contribution in [0.1, 0.15) is 5.56 Å². The fraction of sp³-hybridized carbons (Fsp3) is 0.211. The van der Waals surface area contributed by atoms with Crippen molar-refractivity contribution in [3.8, 4) is 5.75 Å². The molecule has 1 heterocycles. The van der Waals surface area contributed by atoms with E-state index in [9.17, 15) is 4.39 Å². The first-order valence-electron chi connectivity index (χ1n) is 8.11. The molecule has 3 rings (SSSR count). The molecular weight excluding hydrogens is 319 g/mol. The van der Waals surface area contributed by atoms with Gasteiger partial charge in [-0.25, -0.2) is 9.38 Å². The Bertz CT molecular complexity index is 763. The second-order valence-electron chi connectivity index (χ2n) is 5.84. The maximum atomic E-state index is 13.3. The van der Waals surface area contributed by atoms with Crippen molar-refractivity contribution in [2.45, 2.75) is 12.1 Å². The summed E-state index contributed by atoms with van der Waals surface area (Å²) >= 11 is 0. The van der Waals surface area contributed by atoms with Crippen LogP contribution in [0.25, 0.3) is 0 Å². The van der Waals surface area contributed by atoms with E-state index in [1.807, 2.05) is 36.4 Å². The number of hydrogen-bond donors (Lipinski definition) is 3. The van der Waals surface area contributed by atoms with Crippen molar-refractivity contribution in [2.24, 2.45) is 10.7 Å². The summed E-state index contributed by atoms with van der Waals surface area (Å²) in [6.07, 6.45) is 3.99. The summed E-state index contributed by atoms with van der Waals surface area (Å²) < 4.78 is 18.9. The summed E-state index contributed by atoms with van der Waals surface area (Å²) in [6.45, 7) is 0.941. The number of benzene rings is 2. The number of hydrogen-bond acceptors (Lipinski definition) is 3. The number of aliphatic imine (C=N–C) groups is 1. The zero-order valence-electron chi connectivity index (χ0n) is 13.8. The van der Waals surface area contributed by atoms with Gasteiger partial charge in [0.1, 0.15) is 23.8 Å². The molecule has 6 heteroatoms. The SMILES string of the molecule is NC1(Cc2cccc(F)c2)C=CNC(=NCCOc2ccccc2)N1. The molecule has 2 aromatic carbocycles. The molecule has 0 aliphatic carbocycles. The zero-order valence-corrected chi connectivity index (χ0v) is 13.8. The van der Waals surface area contributed by atoms with Gasteiger partial charge in [0.05, 0.1) is 6.54 Å². The van der Waals surface area contributed by atoms with Gasteiger partial charge >= 0.3 is 0 Å². The molecule has 0 amide bonds. The number of halogens is 1. The summed E-state index contributed by atoms with van der Waals surface area (Å²) in [4.78, 5) is 4.42. The van der Waals surface area contributed by atoms with Gasteiger partial charge in [-0.15, -0.1) is 0 Å². The third-order valence-corrected chi connectivity index (χ3v) is 3.71. The number of nitrogens with one attached hydrogen (secondary N) is 2. The molecule has 4 N–H and O–H groups in total. The number of ether oxygens (including phenoxy) is 1. The number of nitrogens with zero attached hydrogens (tertiary/aromatic N) is 1. The Morgan fingerprint density at radius 3 is 2.76 bits per heavy atom. The maximum absolute atomic E-state index is 13.3. The fourth-order valence-electron chi connectivity index (χ4n) is 2.58. The lowest BCUT2D eigenvalue weighted by Crippen LogP contribution is -2.61. The molecule has 25 heavy (non-hydrogen) atoms. The van der Waals surface area contributed by atoms with Crippen LogP contribution in [0.4, 0.5) is 4.39 Å². The Kier molecular flexibility index (Phi) is 5.30. The molecule has 130 valence electrons. The molecule has 0 fully saturated rings. The molecule has 0 saturated heterocycles. The van der Waals surface area contributed by atoms with Crippen LogP contribution >= 0.6 is 0 Å². The van der Waals surface area contributed by atoms with Gasteiger partial charge in [0.2, 0.25) is 0 Å². The molecule has 1 atom stereocenters. The van der Waals surface area contributed by atoms with Gasteiger partial charge in [-0.1, -0.05) is 30.3 Å². The minimum atomic E-state index is -0.821. The Hall–Kier alpha value is -2.86. The van der Waals surface area contributed by atoms with E-state index in [4.69, 9.17) is 10.5 Å². The normalized spacial score (nSPS) is 20.8. The monoisotopic (exact) mass is 340 g/mol. The van der Waals surface area contributed by atoms with Crippen LogP contribution in [-0.2, 0) is 6.42 Å². The average Bonchev–Trinajstić information content (AvgIpc) is 2.59. The van der Waals surface area contributed by atoms with Crippen molar-refractivity contribution in [1.29, 1.82) is 0 Å². The quantitative estimate of drug-likeness (QED) is 0.705. The summed E-state index contributed by atoms with van der Waals surface area (Å²) in [5, 5.41) is 6.17. The Balaban J connectivity index is 1.54. The van der Waals surface area contributed by atoms with E-state index in [0.29, 0.717) is 25.5 Å². The molecule has 2 aromatic rings. The second-order valence-corrected chi connectivity index (χ2v) is 5.84. The smallest absolute Gasteiger partial charge is 0.197 e. The lowest BCUT2D eigenvalue weighted by atomic mass is 9.99. The van der Waals surface area contributed by atoms with Gasteiger partial charge < -0.3 is 21.1 Å². The molecule has 0 bridgehead atoms. The summed E-state index contributed by atoms with van der Waals surface area (Å²) in [7, 11) is 0. The standard InChI is InChI=1S/C19H21FN4O/c20-16-6-4-5-15(13-16)14-19(21)9-10-22-18(24-19)23-11-12-25-17-7-2-1-3-8-17/h1-10,13H,11-12,14,21H2,(H2,22,23,24). The Labute approximate surface area is 146 Å². The van der Waals surface area contributed by atoms with Gasteiger partial charge in [0.25, 0.3) is 0 Å². The van der Waals surface area contributed by atoms with Crippen LogP contribution in [0.15, 0.2) is 71.9 Å². The second kappa shape index (κ2) is 7.81. The fourth-order valence-corrected chi connectivity index (χ4v) is 2.58. The minimum absolute atomic E-state index is 0.272. The van der Waals surface area contributed by atoms with Gasteiger partial charge in [-0.2, -0.15) is 0 Å². The molecule has 5 nitrogen and oxygen atoms in total. The number of guanidine groups is 1. The van der Waals surface area contributed by atoms with Crippen molar-refractivity contribution in [1.82, 2.24) is 10.6 Å². The van der Waals surface area contributed by atoms with Crippen LogP contribution in [0.5, 0.6) is 5.75 Å². The molecular formula is C19H21FN4O. The predicted octanol–water partition coefficient (Wildman–Crippen LogP) is 2.16. The average molecular weight is 340 g/mol. The van der Waals surface area contributed by atoms with Crippen molar-refractivity contribution in [3.63, 3.8) is 0 Å². The third-order valence-electron chi connectivity index (χ3n) is 3.71. The van der Waals surface area contributed by atoms with Gasteiger partial charge in [0, 0.05) is 12.6 Å². The van der Waals surface area contributed by atoms with Gasteiger partial charge in [-0.05, 0) is 35.9 Å². The van der Waals surface area contributed by atoms with E-state index < -0.39 is 5.66 Å². The van der Waals surface area contributed by atoms with Gasteiger partial charge in [0.15, 0.2) is 5.96 Å². The first-order chi connectivity index (χ1) is 12.1. The topological polar surface area (TPSA) is 71.7 Å². The first kappa shape index (κ1) is 17.0. The third kappa shape index (κ3) is 5.06.